The minimum Gasteiger partial charge on any atom is -0.405 e. The summed E-state index contributed by atoms with van der Waals surface area (Å²) >= 11 is 0. The van der Waals surface area contributed by atoms with Gasteiger partial charge in [-0.25, -0.2) is 0 Å². The lowest BCUT2D eigenvalue weighted by Gasteiger charge is -2.13. The molecule has 1 rings (SSSR count). The quantitative estimate of drug-likeness (QED) is 0.870. The van der Waals surface area contributed by atoms with Crippen LogP contribution in [0.2, 0.25) is 0 Å². The van der Waals surface area contributed by atoms with Gasteiger partial charge < -0.3 is 15.2 Å². The molecule has 0 atom stereocenters. The largest absolute Gasteiger partial charge is 0.573 e. The molecule has 1 aromatic rings. The van der Waals surface area contributed by atoms with Crippen LogP contribution in [0.1, 0.15) is 11.1 Å². The Bertz CT molecular complexity index is 352. The van der Waals surface area contributed by atoms with Gasteiger partial charge in [-0.2, -0.15) is 0 Å². The maximum absolute atomic E-state index is 12.0. The first-order valence-corrected chi connectivity index (χ1v) is 4.53. The molecule has 0 aliphatic rings. The minimum atomic E-state index is -4.70. The van der Waals surface area contributed by atoms with E-state index in [4.69, 9.17) is 10.5 Å². The standard InChI is InChI=1S/C10H12F3NO2/c1-15-6-7-2-3-9(8(4-7)5-14)16-10(11,12)13/h2-4H,5-6,14H2,1H3. The fraction of sp³-hybridized carbons (Fsp3) is 0.400. The van der Waals surface area contributed by atoms with E-state index in [1.807, 2.05) is 0 Å². The smallest absolute Gasteiger partial charge is 0.405 e. The summed E-state index contributed by atoms with van der Waals surface area (Å²) in [5, 5.41) is 0. The predicted octanol–water partition coefficient (Wildman–Crippen LogP) is 2.19. The highest BCUT2D eigenvalue weighted by Gasteiger charge is 2.31. The molecule has 1 aromatic carbocycles. The van der Waals surface area contributed by atoms with Crippen LogP contribution in [-0.4, -0.2) is 13.5 Å². The first-order valence-electron chi connectivity index (χ1n) is 4.53. The zero-order chi connectivity index (χ0) is 12.2. The highest BCUT2D eigenvalue weighted by Crippen LogP contribution is 2.27. The van der Waals surface area contributed by atoms with E-state index in [0.29, 0.717) is 12.2 Å². The second-order valence-electron chi connectivity index (χ2n) is 3.13. The second-order valence-corrected chi connectivity index (χ2v) is 3.13. The second kappa shape index (κ2) is 5.18. The lowest BCUT2D eigenvalue weighted by Crippen LogP contribution is -2.18. The van der Waals surface area contributed by atoms with Crippen LogP contribution in [0, 0.1) is 0 Å². The number of rotatable bonds is 4. The summed E-state index contributed by atoms with van der Waals surface area (Å²) < 4.78 is 44.8. The molecule has 0 aromatic heterocycles. The van der Waals surface area contributed by atoms with Crippen LogP contribution < -0.4 is 10.5 Å². The monoisotopic (exact) mass is 235 g/mol. The summed E-state index contributed by atoms with van der Waals surface area (Å²) in [4.78, 5) is 0. The van der Waals surface area contributed by atoms with E-state index in [-0.39, 0.29) is 12.3 Å². The van der Waals surface area contributed by atoms with Gasteiger partial charge in [-0.15, -0.1) is 13.2 Å². The van der Waals surface area contributed by atoms with Crippen LogP contribution in [0.3, 0.4) is 0 Å². The molecular weight excluding hydrogens is 223 g/mol. The average Bonchev–Trinajstić information content (AvgIpc) is 2.18. The molecular formula is C10H12F3NO2. The van der Waals surface area contributed by atoms with Gasteiger partial charge in [-0.05, 0) is 17.7 Å². The van der Waals surface area contributed by atoms with Crippen molar-refractivity contribution in [2.75, 3.05) is 7.11 Å². The normalized spacial score (nSPS) is 11.6. The van der Waals surface area contributed by atoms with Crippen LogP contribution in [-0.2, 0) is 17.9 Å². The van der Waals surface area contributed by atoms with Crippen molar-refractivity contribution >= 4 is 0 Å². The molecule has 0 fully saturated rings. The Morgan fingerprint density at radius 1 is 1.31 bits per heavy atom. The van der Waals surface area contributed by atoms with Gasteiger partial charge in [-0.3, -0.25) is 0 Å². The molecule has 16 heavy (non-hydrogen) atoms. The average molecular weight is 235 g/mol. The molecule has 0 saturated carbocycles. The number of halogens is 3. The fourth-order valence-corrected chi connectivity index (χ4v) is 1.27. The molecule has 0 aliphatic heterocycles. The van der Waals surface area contributed by atoms with E-state index in [1.165, 1.54) is 25.3 Å². The zero-order valence-corrected chi connectivity index (χ0v) is 8.67. The Hall–Kier alpha value is -1.27. The highest BCUT2D eigenvalue weighted by molar-refractivity contribution is 5.37. The van der Waals surface area contributed by atoms with Crippen molar-refractivity contribution in [2.24, 2.45) is 5.73 Å². The van der Waals surface area contributed by atoms with Crippen LogP contribution in [0.15, 0.2) is 18.2 Å². The van der Waals surface area contributed by atoms with Crippen molar-refractivity contribution < 1.29 is 22.6 Å². The number of ether oxygens (including phenoxy) is 2. The van der Waals surface area contributed by atoms with Gasteiger partial charge in [0.25, 0.3) is 0 Å². The van der Waals surface area contributed by atoms with Gasteiger partial charge in [0, 0.05) is 19.2 Å². The first kappa shape index (κ1) is 12.8. The number of alkyl halides is 3. The van der Waals surface area contributed by atoms with E-state index in [9.17, 15) is 13.2 Å². The van der Waals surface area contributed by atoms with Crippen molar-refractivity contribution in [2.45, 2.75) is 19.5 Å². The summed E-state index contributed by atoms with van der Waals surface area (Å²) in [6.07, 6.45) is -4.70. The zero-order valence-electron chi connectivity index (χ0n) is 8.67. The summed E-state index contributed by atoms with van der Waals surface area (Å²) in [5.41, 5.74) is 6.39. The summed E-state index contributed by atoms with van der Waals surface area (Å²) in [6.45, 7) is 0.294. The van der Waals surface area contributed by atoms with Gasteiger partial charge in [0.1, 0.15) is 5.75 Å². The Morgan fingerprint density at radius 3 is 2.50 bits per heavy atom. The van der Waals surface area contributed by atoms with E-state index < -0.39 is 6.36 Å². The molecule has 0 heterocycles. The maximum atomic E-state index is 12.0. The number of hydrogen-bond donors (Lipinski definition) is 1. The Morgan fingerprint density at radius 2 is 2.00 bits per heavy atom. The molecule has 0 bridgehead atoms. The van der Waals surface area contributed by atoms with E-state index in [1.54, 1.807) is 0 Å². The summed E-state index contributed by atoms with van der Waals surface area (Å²) in [5.74, 6) is -0.269. The lowest BCUT2D eigenvalue weighted by atomic mass is 10.1. The van der Waals surface area contributed by atoms with Crippen molar-refractivity contribution in [1.82, 2.24) is 0 Å². The molecule has 0 amide bonds. The summed E-state index contributed by atoms with van der Waals surface area (Å²) in [7, 11) is 1.50. The van der Waals surface area contributed by atoms with Gasteiger partial charge in [0.05, 0.1) is 6.61 Å². The van der Waals surface area contributed by atoms with Gasteiger partial charge in [0.15, 0.2) is 0 Å². The van der Waals surface area contributed by atoms with E-state index in [0.717, 1.165) is 5.56 Å². The highest BCUT2D eigenvalue weighted by atomic mass is 19.4. The van der Waals surface area contributed by atoms with Crippen LogP contribution in [0.4, 0.5) is 13.2 Å². The molecule has 0 radical (unpaired) electrons. The third-order valence-corrected chi connectivity index (χ3v) is 1.88. The first-order chi connectivity index (χ1) is 7.46. The molecule has 90 valence electrons. The molecule has 0 aliphatic carbocycles. The van der Waals surface area contributed by atoms with Crippen molar-refractivity contribution in [3.05, 3.63) is 29.3 Å². The Balaban J connectivity index is 2.93. The third kappa shape index (κ3) is 3.71. The van der Waals surface area contributed by atoms with Gasteiger partial charge >= 0.3 is 6.36 Å². The maximum Gasteiger partial charge on any atom is 0.573 e. The van der Waals surface area contributed by atoms with Gasteiger partial charge in [-0.1, -0.05) is 6.07 Å². The number of hydrogen-bond acceptors (Lipinski definition) is 3. The third-order valence-electron chi connectivity index (χ3n) is 1.88. The lowest BCUT2D eigenvalue weighted by molar-refractivity contribution is -0.274. The summed E-state index contributed by atoms with van der Waals surface area (Å²) in [6, 6.07) is 4.28. The SMILES string of the molecule is COCc1ccc(OC(F)(F)F)c(CN)c1. The number of methoxy groups -OCH3 is 1. The number of nitrogens with two attached hydrogens (primary N) is 1. The minimum absolute atomic E-state index is 0.0248. The van der Waals surface area contributed by atoms with Crippen molar-refractivity contribution in [3.63, 3.8) is 0 Å². The Labute approximate surface area is 91.0 Å². The van der Waals surface area contributed by atoms with Crippen LogP contribution in [0.25, 0.3) is 0 Å². The van der Waals surface area contributed by atoms with E-state index in [2.05, 4.69) is 4.74 Å². The van der Waals surface area contributed by atoms with Crippen LogP contribution in [0.5, 0.6) is 5.75 Å². The molecule has 0 saturated heterocycles. The fourth-order valence-electron chi connectivity index (χ4n) is 1.27. The number of benzene rings is 1. The van der Waals surface area contributed by atoms with Crippen molar-refractivity contribution in [1.29, 1.82) is 0 Å². The topological polar surface area (TPSA) is 44.5 Å². The Kier molecular flexibility index (Phi) is 4.14. The molecule has 0 spiro atoms. The van der Waals surface area contributed by atoms with Crippen molar-refractivity contribution in [3.8, 4) is 5.75 Å². The molecule has 2 N–H and O–H groups in total. The van der Waals surface area contributed by atoms with Crippen LogP contribution >= 0.6 is 0 Å². The predicted molar refractivity (Wildman–Crippen MR) is 51.7 cm³/mol. The van der Waals surface area contributed by atoms with Gasteiger partial charge in [0.2, 0.25) is 0 Å². The van der Waals surface area contributed by atoms with E-state index >= 15 is 0 Å². The molecule has 0 unspecified atom stereocenters. The molecule has 6 heteroatoms. The molecule has 3 nitrogen and oxygen atoms in total.